The standard InChI is InChI=1S/C20H30N8/c1(9-25-11-15-27(16-12-25)19-21-5-3-6-22-19)2-10-26-13-17-28(18-14-26)20-23-7-4-8-24-20/h3-8H,1-2,9-18H2. The second kappa shape index (κ2) is 9.75. The number of anilines is 2. The van der Waals surface area contributed by atoms with Crippen LogP contribution in [0.2, 0.25) is 0 Å². The first-order valence-electron chi connectivity index (χ1n) is 10.4. The largest absolute Gasteiger partial charge is 0.338 e. The van der Waals surface area contributed by atoms with Gasteiger partial charge < -0.3 is 9.80 Å². The normalized spacial score (nSPS) is 19.1. The third kappa shape index (κ3) is 5.14. The van der Waals surface area contributed by atoms with Crippen LogP contribution in [0.15, 0.2) is 36.9 Å². The van der Waals surface area contributed by atoms with E-state index in [0.717, 1.165) is 64.3 Å². The van der Waals surface area contributed by atoms with Crippen molar-refractivity contribution in [1.29, 1.82) is 0 Å². The molecule has 2 aliphatic heterocycles. The number of aromatic nitrogens is 4. The first kappa shape index (κ1) is 19.0. The third-order valence-corrected chi connectivity index (χ3v) is 5.61. The molecule has 28 heavy (non-hydrogen) atoms. The molecule has 4 rings (SSSR count). The van der Waals surface area contributed by atoms with Crippen molar-refractivity contribution in [2.45, 2.75) is 12.8 Å². The fraction of sp³-hybridized carbons (Fsp3) is 0.600. The molecule has 0 spiro atoms. The highest BCUT2D eigenvalue weighted by molar-refractivity contribution is 5.29. The Labute approximate surface area is 167 Å². The molecule has 4 heterocycles. The van der Waals surface area contributed by atoms with Gasteiger partial charge in [-0.3, -0.25) is 9.80 Å². The van der Waals surface area contributed by atoms with E-state index < -0.39 is 0 Å². The quantitative estimate of drug-likeness (QED) is 0.657. The maximum Gasteiger partial charge on any atom is 0.225 e. The highest BCUT2D eigenvalue weighted by Gasteiger charge is 2.20. The molecule has 0 bridgehead atoms. The molecule has 2 fully saturated rings. The summed E-state index contributed by atoms with van der Waals surface area (Å²) in [5.74, 6) is 1.73. The summed E-state index contributed by atoms with van der Waals surface area (Å²) < 4.78 is 0. The molecule has 8 nitrogen and oxygen atoms in total. The number of unbranched alkanes of at least 4 members (excludes halogenated alkanes) is 1. The monoisotopic (exact) mass is 382 g/mol. The number of hydrogen-bond acceptors (Lipinski definition) is 8. The summed E-state index contributed by atoms with van der Waals surface area (Å²) in [4.78, 5) is 27.2. The highest BCUT2D eigenvalue weighted by atomic mass is 15.3. The van der Waals surface area contributed by atoms with Gasteiger partial charge in [-0.05, 0) is 38.1 Å². The van der Waals surface area contributed by atoms with Gasteiger partial charge in [-0.2, -0.15) is 0 Å². The molecule has 0 amide bonds. The van der Waals surface area contributed by atoms with Gasteiger partial charge in [0.1, 0.15) is 0 Å². The van der Waals surface area contributed by atoms with Gasteiger partial charge in [-0.1, -0.05) is 0 Å². The first-order valence-corrected chi connectivity index (χ1v) is 10.4. The van der Waals surface area contributed by atoms with Gasteiger partial charge in [-0.15, -0.1) is 0 Å². The smallest absolute Gasteiger partial charge is 0.225 e. The average molecular weight is 383 g/mol. The van der Waals surface area contributed by atoms with Gasteiger partial charge >= 0.3 is 0 Å². The Morgan fingerprint density at radius 2 is 0.893 bits per heavy atom. The molecule has 2 aliphatic rings. The molecule has 0 aliphatic carbocycles. The van der Waals surface area contributed by atoms with E-state index in [2.05, 4.69) is 39.5 Å². The van der Waals surface area contributed by atoms with E-state index in [4.69, 9.17) is 0 Å². The molecule has 2 aromatic heterocycles. The Morgan fingerprint density at radius 1 is 0.536 bits per heavy atom. The summed E-state index contributed by atoms with van der Waals surface area (Å²) in [5, 5.41) is 0. The minimum Gasteiger partial charge on any atom is -0.338 e. The van der Waals surface area contributed by atoms with E-state index >= 15 is 0 Å². The van der Waals surface area contributed by atoms with Crippen LogP contribution in [0.1, 0.15) is 12.8 Å². The number of piperazine rings is 2. The lowest BCUT2D eigenvalue weighted by Crippen LogP contribution is -2.48. The van der Waals surface area contributed by atoms with Crippen molar-refractivity contribution in [3.05, 3.63) is 36.9 Å². The van der Waals surface area contributed by atoms with Crippen molar-refractivity contribution in [3.63, 3.8) is 0 Å². The van der Waals surface area contributed by atoms with E-state index in [-0.39, 0.29) is 0 Å². The SMILES string of the molecule is c1cnc(N2CCN(CCCCN3CCN(c4ncccn4)CC3)CC2)nc1. The van der Waals surface area contributed by atoms with Crippen LogP contribution in [0.5, 0.6) is 0 Å². The molecule has 0 saturated carbocycles. The fourth-order valence-electron chi connectivity index (χ4n) is 3.92. The van der Waals surface area contributed by atoms with Crippen LogP contribution in [0, 0.1) is 0 Å². The Hall–Kier alpha value is -2.32. The summed E-state index contributed by atoms with van der Waals surface area (Å²) in [6.45, 7) is 10.9. The summed E-state index contributed by atoms with van der Waals surface area (Å²) in [5.41, 5.74) is 0. The van der Waals surface area contributed by atoms with Gasteiger partial charge in [0.25, 0.3) is 0 Å². The second-order valence-corrected chi connectivity index (χ2v) is 7.46. The van der Waals surface area contributed by atoms with Gasteiger partial charge in [0.2, 0.25) is 11.9 Å². The molecule has 0 unspecified atom stereocenters. The zero-order valence-corrected chi connectivity index (χ0v) is 16.5. The van der Waals surface area contributed by atoms with Crippen molar-refractivity contribution >= 4 is 11.9 Å². The molecule has 2 saturated heterocycles. The first-order chi connectivity index (χ1) is 13.9. The number of hydrogen-bond donors (Lipinski definition) is 0. The molecule has 0 aromatic carbocycles. The van der Waals surface area contributed by atoms with Gasteiger partial charge in [0, 0.05) is 77.1 Å². The van der Waals surface area contributed by atoms with Crippen molar-refractivity contribution < 1.29 is 0 Å². The molecular formula is C20H30N8. The van der Waals surface area contributed by atoms with Crippen LogP contribution in [0.4, 0.5) is 11.9 Å². The van der Waals surface area contributed by atoms with E-state index in [9.17, 15) is 0 Å². The minimum atomic E-state index is 0.863. The van der Waals surface area contributed by atoms with Crippen LogP contribution in [-0.4, -0.2) is 95.2 Å². The van der Waals surface area contributed by atoms with Crippen LogP contribution in [-0.2, 0) is 0 Å². The Kier molecular flexibility index (Phi) is 6.62. The Morgan fingerprint density at radius 3 is 1.25 bits per heavy atom. The number of rotatable bonds is 7. The van der Waals surface area contributed by atoms with Gasteiger partial charge in [-0.25, -0.2) is 19.9 Å². The highest BCUT2D eigenvalue weighted by Crippen LogP contribution is 2.12. The predicted molar refractivity (Wildman–Crippen MR) is 111 cm³/mol. The van der Waals surface area contributed by atoms with E-state index in [1.54, 1.807) is 0 Å². The van der Waals surface area contributed by atoms with Crippen LogP contribution in [0.25, 0.3) is 0 Å². The summed E-state index contributed by atoms with van der Waals surface area (Å²) >= 11 is 0. The van der Waals surface area contributed by atoms with Crippen LogP contribution >= 0.6 is 0 Å². The van der Waals surface area contributed by atoms with Crippen LogP contribution < -0.4 is 9.80 Å². The average Bonchev–Trinajstić information content (AvgIpc) is 2.79. The molecule has 2 aromatic rings. The molecule has 0 radical (unpaired) electrons. The lowest BCUT2D eigenvalue weighted by Gasteiger charge is -2.35. The van der Waals surface area contributed by atoms with Crippen molar-refractivity contribution in [2.75, 3.05) is 75.2 Å². The Bertz CT molecular complexity index is 620. The van der Waals surface area contributed by atoms with E-state index in [0.29, 0.717) is 0 Å². The van der Waals surface area contributed by atoms with Crippen molar-refractivity contribution in [2.24, 2.45) is 0 Å². The number of nitrogens with zero attached hydrogens (tertiary/aromatic N) is 8. The molecule has 8 heteroatoms. The third-order valence-electron chi connectivity index (χ3n) is 5.61. The zero-order valence-electron chi connectivity index (χ0n) is 16.5. The molecule has 150 valence electrons. The van der Waals surface area contributed by atoms with E-state index in [1.807, 2.05) is 36.9 Å². The fourth-order valence-corrected chi connectivity index (χ4v) is 3.92. The molecule has 0 atom stereocenters. The summed E-state index contributed by atoms with van der Waals surface area (Å²) in [6.07, 6.45) is 9.82. The van der Waals surface area contributed by atoms with Crippen molar-refractivity contribution in [1.82, 2.24) is 29.7 Å². The van der Waals surface area contributed by atoms with Crippen molar-refractivity contribution in [3.8, 4) is 0 Å². The molecule has 0 N–H and O–H groups in total. The van der Waals surface area contributed by atoms with Gasteiger partial charge in [0.05, 0.1) is 0 Å². The Balaban J connectivity index is 1.09. The van der Waals surface area contributed by atoms with Crippen LogP contribution in [0.3, 0.4) is 0 Å². The van der Waals surface area contributed by atoms with E-state index in [1.165, 1.54) is 25.9 Å². The van der Waals surface area contributed by atoms with Gasteiger partial charge in [0.15, 0.2) is 0 Å². The summed E-state index contributed by atoms with van der Waals surface area (Å²) in [7, 11) is 0. The summed E-state index contributed by atoms with van der Waals surface area (Å²) in [6, 6.07) is 3.74. The predicted octanol–water partition coefficient (Wildman–Crippen LogP) is 0.991. The lowest BCUT2D eigenvalue weighted by molar-refractivity contribution is 0.226. The maximum absolute atomic E-state index is 4.36. The molecular weight excluding hydrogens is 352 g/mol. The lowest BCUT2D eigenvalue weighted by atomic mass is 10.2. The zero-order chi connectivity index (χ0) is 19.0. The minimum absolute atomic E-state index is 0.863. The topological polar surface area (TPSA) is 64.5 Å². The maximum atomic E-state index is 4.36. The second-order valence-electron chi connectivity index (χ2n) is 7.46.